The number of rotatable bonds is 4. The van der Waals surface area contributed by atoms with Gasteiger partial charge in [0.2, 0.25) is 0 Å². The van der Waals surface area contributed by atoms with E-state index in [-0.39, 0.29) is 0 Å². The molecule has 0 spiro atoms. The van der Waals surface area contributed by atoms with Crippen LogP contribution in [-0.2, 0) is 0 Å². The summed E-state index contributed by atoms with van der Waals surface area (Å²) < 4.78 is 35.8. The van der Waals surface area contributed by atoms with Crippen molar-refractivity contribution in [1.82, 2.24) is 5.32 Å². The van der Waals surface area contributed by atoms with Crippen LogP contribution in [0, 0.1) is 0 Å². The van der Waals surface area contributed by atoms with Gasteiger partial charge in [-0.3, -0.25) is 0 Å². The Labute approximate surface area is 91.6 Å². The SMILES string of the molecule is OC(CNCC1CCCCS1)C(F)(F)F. The summed E-state index contributed by atoms with van der Waals surface area (Å²) in [6.45, 7) is 0.151. The highest BCUT2D eigenvalue weighted by molar-refractivity contribution is 7.99. The van der Waals surface area contributed by atoms with Gasteiger partial charge < -0.3 is 10.4 Å². The van der Waals surface area contributed by atoms with Crippen molar-refractivity contribution in [2.45, 2.75) is 36.8 Å². The summed E-state index contributed by atoms with van der Waals surface area (Å²) in [7, 11) is 0. The van der Waals surface area contributed by atoms with Crippen LogP contribution in [0.5, 0.6) is 0 Å². The monoisotopic (exact) mass is 243 g/mol. The number of halogens is 3. The van der Waals surface area contributed by atoms with E-state index in [0.29, 0.717) is 11.8 Å². The van der Waals surface area contributed by atoms with Gasteiger partial charge in [0.1, 0.15) is 0 Å². The summed E-state index contributed by atoms with van der Waals surface area (Å²) in [6, 6.07) is 0. The van der Waals surface area contributed by atoms with Crippen molar-refractivity contribution in [1.29, 1.82) is 0 Å². The number of aliphatic hydroxyl groups excluding tert-OH is 1. The molecular formula is C9H16F3NOS. The molecule has 1 heterocycles. The van der Waals surface area contributed by atoms with Gasteiger partial charge in [-0.2, -0.15) is 24.9 Å². The van der Waals surface area contributed by atoms with Gasteiger partial charge in [-0.15, -0.1) is 0 Å². The minimum absolute atomic E-state index is 0.402. The van der Waals surface area contributed by atoms with E-state index in [0.717, 1.165) is 18.6 Å². The largest absolute Gasteiger partial charge is 0.415 e. The van der Waals surface area contributed by atoms with Crippen molar-refractivity contribution in [3.05, 3.63) is 0 Å². The quantitative estimate of drug-likeness (QED) is 0.789. The number of alkyl halides is 3. The van der Waals surface area contributed by atoms with Crippen LogP contribution in [0.2, 0.25) is 0 Å². The highest BCUT2D eigenvalue weighted by Crippen LogP contribution is 2.24. The highest BCUT2D eigenvalue weighted by Gasteiger charge is 2.37. The fourth-order valence-corrected chi connectivity index (χ4v) is 2.74. The van der Waals surface area contributed by atoms with E-state index in [4.69, 9.17) is 5.11 Å². The van der Waals surface area contributed by atoms with Crippen molar-refractivity contribution >= 4 is 11.8 Å². The molecule has 0 radical (unpaired) electrons. The zero-order chi connectivity index (χ0) is 11.3. The molecule has 0 aliphatic carbocycles. The molecule has 0 amide bonds. The van der Waals surface area contributed by atoms with Gasteiger partial charge in [0.15, 0.2) is 6.10 Å². The van der Waals surface area contributed by atoms with E-state index in [1.165, 1.54) is 6.42 Å². The Hall–Kier alpha value is 0.0600. The van der Waals surface area contributed by atoms with Crippen molar-refractivity contribution < 1.29 is 18.3 Å². The van der Waals surface area contributed by atoms with E-state index in [1.807, 2.05) is 0 Å². The second-order valence-electron chi connectivity index (χ2n) is 3.70. The summed E-state index contributed by atoms with van der Waals surface area (Å²) in [5.74, 6) is 1.09. The fourth-order valence-electron chi connectivity index (χ4n) is 1.47. The van der Waals surface area contributed by atoms with Crippen molar-refractivity contribution in [2.75, 3.05) is 18.8 Å². The van der Waals surface area contributed by atoms with E-state index >= 15 is 0 Å². The summed E-state index contributed by atoms with van der Waals surface area (Å²) in [5, 5.41) is 11.8. The number of thioether (sulfide) groups is 1. The molecule has 0 aromatic carbocycles. The second kappa shape index (κ2) is 5.96. The van der Waals surface area contributed by atoms with Gasteiger partial charge in [-0.05, 0) is 18.6 Å². The third-order valence-corrected chi connectivity index (χ3v) is 3.76. The molecule has 2 atom stereocenters. The zero-order valence-corrected chi connectivity index (χ0v) is 9.20. The van der Waals surface area contributed by atoms with Crippen LogP contribution in [0.1, 0.15) is 19.3 Å². The first-order valence-electron chi connectivity index (χ1n) is 5.07. The predicted octanol–water partition coefficient (Wildman–Crippen LogP) is 1.78. The number of aliphatic hydroxyl groups is 1. The lowest BCUT2D eigenvalue weighted by molar-refractivity contribution is -0.201. The molecule has 2 nitrogen and oxygen atoms in total. The molecule has 0 saturated carbocycles. The van der Waals surface area contributed by atoms with Gasteiger partial charge in [-0.1, -0.05) is 6.42 Å². The van der Waals surface area contributed by atoms with Gasteiger partial charge in [-0.25, -0.2) is 0 Å². The zero-order valence-electron chi connectivity index (χ0n) is 8.39. The summed E-state index contributed by atoms with van der Waals surface area (Å²) in [4.78, 5) is 0. The topological polar surface area (TPSA) is 32.3 Å². The number of hydrogen-bond acceptors (Lipinski definition) is 3. The lowest BCUT2D eigenvalue weighted by Crippen LogP contribution is -2.40. The molecule has 2 unspecified atom stereocenters. The Bertz CT molecular complexity index is 183. The third kappa shape index (κ3) is 5.08. The first-order valence-corrected chi connectivity index (χ1v) is 6.12. The predicted molar refractivity (Wildman–Crippen MR) is 55.0 cm³/mol. The summed E-state index contributed by atoms with van der Waals surface area (Å²) >= 11 is 1.80. The molecule has 1 fully saturated rings. The minimum atomic E-state index is -4.51. The van der Waals surface area contributed by atoms with Crippen LogP contribution in [0.3, 0.4) is 0 Å². The van der Waals surface area contributed by atoms with E-state index in [1.54, 1.807) is 11.8 Å². The van der Waals surface area contributed by atoms with Crippen LogP contribution >= 0.6 is 11.8 Å². The second-order valence-corrected chi connectivity index (χ2v) is 5.11. The molecule has 0 aromatic rings. The van der Waals surface area contributed by atoms with Crippen LogP contribution in [0.25, 0.3) is 0 Å². The summed E-state index contributed by atoms with van der Waals surface area (Å²) in [6.07, 6.45) is -3.34. The molecule has 2 N–H and O–H groups in total. The maximum absolute atomic E-state index is 11.9. The number of nitrogens with one attached hydrogen (secondary N) is 1. The Morgan fingerprint density at radius 3 is 2.67 bits per heavy atom. The Kier molecular flexibility index (Phi) is 5.22. The van der Waals surface area contributed by atoms with Crippen molar-refractivity contribution in [3.8, 4) is 0 Å². The van der Waals surface area contributed by atoms with Gasteiger partial charge in [0.05, 0.1) is 0 Å². The molecule has 6 heteroatoms. The minimum Gasteiger partial charge on any atom is -0.382 e. The Morgan fingerprint density at radius 1 is 1.40 bits per heavy atom. The maximum Gasteiger partial charge on any atom is 0.415 e. The molecule has 90 valence electrons. The van der Waals surface area contributed by atoms with E-state index in [9.17, 15) is 13.2 Å². The van der Waals surface area contributed by atoms with Crippen LogP contribution in [-0.4, -0.2) is 41.5 Å². The molecule has 1 rings (SSSR count). The van der Waals surface area contributed by atoms with Gasteiger partial charge >= 0.3 is 6.18 Å². The first-order chi connectivity index (χ1) is 7.00. The fraction of sp³-hybridized carbons (Fsp3) is 1.00. The lowest BCUT2D eigenvalue weighted by atomic mass is 10.2. The van der Waals surface area contributed by atoms with Crippen molar-refractivity contribution in [2.24, 2.45) is 0 Å². The third-order valence-electron chi connectivity index (χ3n) is 2.36. The van der Waals surface area contributed by atoms with Crippen LogP contribution < -0.4 is 5.32 Å². The van der Waals surface area contributed by atoms with Crippen LogP contribution in [0.15, 0.2) is 0 Å². The van der Waals surface area contributed by atoms with Crippen molar-refractivity contribution in [3.63, 3.8) is 0 Å². The number of hydrogen-bond donors (Lipinski definition) is 2. The maximum atomic E-state index is 11.9. The van der Waals surface area contributed by atoms with E-state index < -0.39 is 18.8 Å². The molecule has 15 heavy (non-hydrogen) atoms. The lowest BCUT2D eigenvalue weighted by Gasteiger charge is -2.22. The molecule has 0 aromatic heterocycles. The Morgan fingerprint density at radius 2 is 2.13 bits per heavy atom. The van der Waals surface area contributed by atoms with Gasteiger partial charge in [0, 0.05) is 18.3 Å². The van der Waals surface area contributed by atoms with Gasteiger partial charge in [0.25, 0.3) is 0 Å². The molecule has 1 saturated heterocycles. The highest BCUT2D eigenvalue weighted by atomic mass is 32.2. The van der Waals surface area contributed by atoms with E-state index in [2.05, 4.69) is 5.32 Å². The summed E-state index contributed by atoms with van der Waals surface area (Å²) in [5.41, 5.74) is 0. The van der Waals surface area contributed by atoms with Crippen LogP contribution in [0.4, 0.5) is 13.2 Å². The average Bonchev–Trinajstić information content (AvgIpc) is 2.18. The molecule has 0 bridgehead atoms. The smallest absolute Gasteiger partial charge is 0.382 e. The Balaban J connectivity index is 2.10. The molecule has 1 aliphatic heterocycles. The molecule has 1 aliphatic rings. The normalized spacial score (nSPS) is 25.2. The average molecular weight is 243 g/mol. The first kappa shape index (κ1) is 13.1. The standard InChI is InChI=1S/C9H16F3NOS/c10-9(11,12)8(14)6-13-5-7-3-1-2-4-15-7/h7-8,13-14H,1-6H2. The molecular weight excluding hydrogens is 227 g/mol.